The molecule has 1 aliphatic carbocycles. The van der Waals surface area contributed by atoms with Gasteiger partial charge in [0.1, 0.15) is 17.9 Å². The van der Waals surface area contributed by atoms with E-state index in [9.17, 15) is 14.9 Å². The lowest BCUT2D eigenvalue weighted by Gasteiger charge is -2.26. The van der Waals surface area contributed by atoms with Gasteiger partial charge in [-0.1, -0.05) is 0 Å². The molecule has 7 heteroatoms. The van der Waals surface area contributed by atoms with Crippen molar-refractivity contribution >= 4 is 11.6 Å². The van der Waals surface area contributed by atoms with Gasteiger partial charge in [0.2, 0.25) is 5.91 Å². The third kappa shape index (κ3) is 2.97. The van der Waals surface area contributed by atoms with Crippen LogP contribution in [0.2, 0.25) is 0 Å². The van der Waals surface area contributed by atoms with Gasteiger partial charge in [-0.2, -0.15) is 0 Å². The Kier molecular flexibility index (Phi) is 3.87. The molecule has 1 atom stereocenters. The smallest absolute Gasteiger partial charge is 0.272 e. The van der Waals surface area contributed by atoms with Crippen LogP contribution in [-0.2, 0) is 4.79 Å². The van der Waals surface area contributed by atoms with E-state index in [0.717, 1.165) is 12.8 Å². The van der Waals surface area contributed by atoms with Gasteiger partial charge >= 0.3 is 0 Å². The molecule has 1 aliphatic rings. The molecule has 0 heterocycles. The van der Waals surface area contributed by atoms with E-state index in [1.165, 1.54) is 6.07 Å². The summed E-state index contributed by atoms with van der Waals surface area (Å²) in [5.41, 5.74) is 11.4. The highest BCUT2D eigenvalue weighted by Crippen LogP contribution is 2.39. The predicted octanol–water partition coefficient (Wildman–Crippen LogP) is 1.18. The van der Waals surface area contributed by atoms with Gasteiger partial charge in [-0.05, 0) is 44.2 Å². The first-order valence-corrected chi connectivity index (χ1v) is 6.73. The zero-order chi connectivity index (χ0) is 15.8. The van der Waals surface area contributed by atoms with Gasteiger partial charge in [-0.15, -0.1) is 0 Å². The first kappa shape index (κ1) is 15.2. The summed E-state index contributed by atoms with van der Waals surface area (Å²) >= 11 is 0. The van der Waals surface area contributed by atoms with Gasteiger partial charge < -0.3 is 16.2 Å². The summed E-state index contributed by atoms with van der Waals surface area (Å²) in [6, 6.07) is 3.03. The quantitative estimate of drug-likeness (QED) is 0.602. The van der Waals surface area contributed by atoms with E-state index in [0.29, 0.717) is 16.9 Å². The molecule has 114 valence electrons. The molecule has 7 nitrogen and oxygen atoms in total. The van der Waals surface area contributed by atoms with E-state index >= 15 is 0 Å². The van der Waals surface area contributed by atoms with Crippen LogP contribution in [-0.4, -0.2) is 23.0 Å². The van der Waals surface area contributed by atoms with Crippen LogP contribution in [0.4, 0.5) is 5.69 Å². The van der Waals surface area contributed by atoms with Crippen LogP contribution in [0.3, 0.4) is 0 Å². The standard InChI is InChI=1S/C14H19N3O4/c1-8-6-12(9(2)5-11(8)17(19)20)21-7-14(16,13(15)18)10-3-4-10/h5-6,10H,3-4,7,16H2,1-2H3,(H2,15,18). The number of benzene rings is 1. The maximum absolute atomic E-state index is 11.5. The molecule has 1 aromatic rings. The molecule has 21 heavy (non-hydrogen) atoms. The van der Waals surface area contributed by atoms with Crippen LogP contribution in [0.25, 0.3) is 0 Å². The lowest BCUT2D eigenvalue weighted by molar-refractivity contribution is -0.385. The Morgan fingerprint density at radius 1 is 1.43 bits per heavy atom. The number of nitro groups is 1. The second kappa shape index (κ2) is 5.33. The van der Waals surface area contributed by atoms with E-state index in [1.54, 1.807) is 19.9 Å². The van der Waals surface area contributed by atoms with E-state index in [-0.39, 0.29) is 18.2 Å². The molecular formula is C14H19N3O4. The highest BCUT2D eigenvalue weighted by atomic mass is 16.6. The highest BCUT2D eigenvalue weighted by Gasteiger charge is 2.47. The molecule has 0 aromatic heterocycles. The Bertz CT molecular complexity index is 598. The van der Waals surface area contributed by atoms with Crippen molar-refractivity contribution in [3.63, 3.8) is 0 Å². The summed E-state index contributed by atoms with van der Waals surface area (Å²) in [6.07, 6.45) is 1.72. The SMILES string of the molecule is Cc1cc([N+](=O)[O-])c(C)cc1OCC(N)(C(N)=O)C1CC1. The fourth-order valence-electron chi connectivity index (χ4n) is 2.31. The summed E-state index contributed by atoms with van der Waals surface area (Å²) in [7, 11) is 0. The number of hydrogen-bond acceptors (Lipinski definition) is 5. The zero-order valence-corrected chi connectivity index (χ0v) is 12.1. The second-order valence-electron chi connectivity index (χ2n) is 5.63. The molecular weight excluding hydrogens is 274 g/mol. The maximum Gasteiger partial charge on any atom is 0.272 e. The predicted molar refractivity (Wildman–Crippen MR) is 76.9 cm³/mol. The zero-order valence-electron chi connectivity index (χ0n) is 12.1. The first-order chi connectivity index (χ1) is 9.75. The summed E-state index contributed by atoms with van der Waals surface area (Å²) in [5, 5.41) is 10.9. The molecule has 0 spiro atoms. The Balaban J connectivity index is 2.18. The molecule has 2 rings (SSSR count). The molecule has 1 unspecified atom stereocenters. The Morgan fingerprint density at radius 2 is 2.05 bits per heavy atom. The van der Waals surface area contributed by atoms with Crippen molar-refractivity contribution in [3.8, 4) is 5.75 Å². The van der Waals surface area contributed by atoms with Crippen molar-refractivity contribution in [2.75, 3.05) is 6.61 Å². The molecule has 4 N–H and O–H groups in total. The highest BCUT2D eigenvalue weighted by molar-refractivity contribution is 5.85. The number of carbonyl (C=O) groups excluding carboxylic acids is 1. The van der Waals surface area contributed by atoms with Crippen molar-refractivity contribution in [1.82, 2.24) is 0 Å². The molecule has 1 aromatic carbocycles. The first-order valence-electron chi connectivity index (χ1n) is 6.73. The number of aryl methyl sites for hydroxylation is 2. The minimum absolute atomic E-state index is 0.0227. The summed E-state index contributed by atoms with van der Waals surface area (Å²) in [6.45, 7) is 3.32. The topological polar surface area (TPSA) is 121 Å². The normalized spacial score (nSPS) is 17.1. The molecule has 0 aliphatic heterocycles. The van der Waals surface area contributed by atoms with Crippen LogP contribution >= 0.6 is 0 Å². The minimum atomic E-state index is -1.18. The van der Waals surface area contributed by atoms with E-state index in [1.807, 2.05) is 0 Å². The van der Waals surface area contributed by atoms with Crippen LogP contribution in [0, 0.1) is 29.9 Å². The van der Waals surface area contributed by atoms with E-state index < -0.39 is 16.4 Å². The van der Waals surface area contributed by atoms with Gasteiger partial charge in [-0.25, -0.2) is 0 Å². The van der Waals surface area contributed by atoms with E-state index in [2.05, 4.69) is 0 Å². The number of hydrogen-bond donors (Lipinski definition) is 2. The second-order valence-corrected chi connectivity index (χ2v) is 5.63. The Hall–Kier alpha value is -2.15. The molecule has 1 amide bonds. The summed E-state index contributed by atoms with van der Waals surface area (Å²) in [5.74, 6) is -0.0504. The number of amides is 1. The molecule has 1 fully saturated rings. The van der Waals surface area contributed by atoms with Crippen molar-refractivity contribution in [3.05, 3.63) is 33.4 Å². The van der Waals surface area contributed by atoms with Crippen molar-refractivity contribution in [2.45, 2.75) is 32.2 Å². The number of nitrogens with two attached hydrogens (primary N) is 2. The van der Waals surface area contributed by atoms with Gasteiger partial charge in [0.25, 0.3) is 5.69 Å². The monoisotopic (exact) mass is 293 g/mol. The summed E-state index contributed by atoms with van der Waals surface area (Å²) in [4.78, 5) is 22.0. The molecule has 1 saturated carbocycles. The third-order valence-corrected chi connectivity index (χ3v) is 3.92. The molecule has 0 radical (unpaired) electrons. The van der Waals surface area contributed by atoms with Crippen molar-refractivity contribution in [2.24, 2.45) is 17.4 Å². The largest absolute Gasteiger partial charge is 0.491 e. The lowest BCUT2D eigenvalue weighted by atomic mass is 9.95. The fraction of sp³-hybridized carbons (Fsp3) is 0.500. The van der Waals surface area contributed by atoms with Gasteiger partial charge in [0, 0.05) is 11.6 Å². The number of ether oxygens (including phenoxy) is 1. The number of nitro benzene ring substituents is 1. The van der Waals surface area contributed by atoms with Crippen LogP contribution in [0.15, 0.2) is 12.1 Å². The molecule has 0 bridgehead atoms. The van der Waals surface area contributed by atoms with Crippen LogP contribution in [0.1, 0.15) is 24.0 Å². The van der Waals surface area contributed by atoms with Gasteiger partial charge in [0.15, 0.2) is 0 Å². The number of primary amides is 1. The third-order valence-electron chi connectivity index (χ3n) is 3.92. The maximum atomic E-state index is 11.5. The number of nitrogens with zero attached hydrogens (tertiary/aromatic N) is 1. The average Bonchev–Trinajstić information content (AvgIpc) is 3.23. The van der Waals surface area contributed by atoms with Crippen molar-refractivity contribution in [1.29, 1.82) is 0 Å². The lowest BCUT2D eigenvalue weighted by Crippen LogP contribution is -2.58. The number of rotatable bonds is 6. The fourth-order valence-corrected chi connectivity index (χ4v) is 2.31. The summed E-state index contributed by atoms with van der Waals surface area (Å²) < 4.78 is 5.63. The Morgan fingerprint density at radius 3 is 2.52 bits per heavy atom. The minimum Gasteiger partial charge on any atom is -0.491 e. The van der Waals surface area contributed by atoms with Crippen molar-refractivity contribution < 1.29 is 14.5 Å². The van der Waals surface area contributed by atoms with Gasteiger partial charge in [-0.3, -0.25) is 14.9 Å². The van der Waals surface area contributed by atoms with Crippen LogP contribution < -0.4 is 16.2 Å². The van der Waals surface area contributed by atoms with Gasteiger partial charge in [0.05, 0.1) is 4.92 Å². The average molecular weight is 293 g/mol. The number of carbonyl (C=O) groups is 1. The Labute approximate surface area is 122 Å². The molecule has 0 saturated heterocycles. The van der Waals surface area contributed by atoms with E-state index in [4.69, 9.17) is 16.2 Å². The van der Waals surface area contributed by atoms with Crippen LogP contribution in [0.5, 0.6) is 5.75 Å².